The topological polar surface area (TPSA) is 90.9 Å². The summed E-state index contributed by atoms with van der Waals surface area (Å²) in [6, 6.07) is 5.10. The Morgan fingerprint density at radius 1 is 1.50 bits per heavy atom. The second-order valence-corrected chi connectivity index (χ2v) is 5.25. The number of hydrogen-bond acceptors (Lipinski definition) is 5. The van der Waals surface area contributed by atoms with Crippen LogP contribution in [0.3, 0.4) is 0 Å². The SMILES string of the molecule is CC(Nc1nc2ccc(-c3nccs3)cc2[nH]1)C(=O)O. The monoisotopic (exact) mass is 288 g/mol. The smallest absolute Gasteiger partial charge is 0.325 e. The van der Waals surface area contributed by atoms with E-state index in [9.17, 15) is 4.79 Å². The van der Waals surface area contributed by atoms with Gasteiger partial charge in [0.15, 0.2) is 0 Å². The van der Waals surface area contributed by atoms with Gasteiger partial charge in [0.1, 0.15) is 11.0 Å². The molecule has 0 aliphatic heterocycles. The summed E-state index contributed by atoms with van der Waals surface area (Å²) in [5.74, 6) is -0.472. The van der Waals surface area contributed by atoms with Gasteiger partial charge in [-0.2, -0.15) is 0 Å². The second kappa shape index (κ2) is 4.93. The molecule has 0 radical (unpaired) electrons. The van der Waals surface area contributed by atoms with Crippen LogP contribution in [0, 0.1) is 0 Å². The van der Waals surface area contributed by atoms with E-state index in [2.05, 4.69) is 20.3 Å². The maximum atomic E-state index is 10.8. The van der Waals surface area contributed by atoms with Crippen molar-refractivity contribution in [3.8, 4) is 10.6 Å². The van der Waals surface area contributed by atoms with Crippen molar-refractivity contribution in [2.24, 2.45) is 0 Å². The Morgan fingerprint density at radius 3 is 3.05 bits per heavy atom. The number of imidazole rings is 1. The number of nitrogens with zero attached hydrogens (tertiary/aromatic N) is 2. The van der Waals surface area contributed by atoms with Crippen molar-refractivity contribution in [3.05, 3.63) is 29.8 Å². The molecule has 0 saturated carbocycles. The molecule has 6 nitrogen and oxygen atoms in total. The van der Waals surface area contributed by atoms with Crippen LogP contribution in [0.2, 0.25) is 0 Å². The molecule has 1 aromatic carbocycles. The molecule has 1 atom stereocenters. The number of aromatic nitrogens is 3. The summed E-state index contributed by atoms with van der Waals surface area (Å²) in [6.45, 7) is 1.57. The molecular weight excluding hydrogens is 276 g/mol. The molecule has 0 amide bonds. The lowest BCUT2D eigenvalue weighted by Gasteiger charge is -2.06. The minimum Gasteiger partial charge on any atom is -0.480 e. The number of nitrogens with one attached hydrogen (secondary N) is 2. The highest BCUT2D eigenvalue weighted by Crippen LogP contribution is 2.25. The van der Waals surface area contributed by atoms with Crippen molar-refractivity contribution in [2.75, 3.05) is 5.32 Å². The molecule has 0 fully saturated rings. The summed E-state index contributed by atoms with van der Waals surface area (Å²) in [4.78, 5) is 22.5. The van der Waals surface area contributed by atoms with Crippen LogP contribution in [-0.4, -0.2) is 32.1 Å². The van der Waals surface area contributed by atoms with Crippen LogP contribution in [0.25, 0.3) is 21.6 Å². The first kappa shape index (κ1) is 12.6. The Bertz CT molecular complexity index is 751. The summed E-state index contributed by atoms with van der Waals surface area (Å²) in [6.07, 6.45) is 1.76. The molecular formula is C13H12N4O2S. The highest BCUT2D eigenvalue weighted by atomic mass is 32.1. The van der Waals surface area contributed by atoms with Crippen LogP contribution in [-0.2, 0) is 4.79 Å². The number of rotatable bonds is 4. The fraction of sp³-hybridized carbons (Fsp3) is 0.154. The van der Waals surface area contributed by atoms with E-state index in [4.69, 9.17) is 5.11 Å². The predicted octanol–water partition coefficient (Wildman–Crippen LogP) is 2.57. The second-order valence-electron chi connectivity index (χ2n) is 4.36. The van der Waals surface area contributed by atoms with Gasteiger partial charge in [-0.05, 0) is 25.1 Å². The van der Waals surface area contributed by atoms with Gasteiger partial charge >= 0.3 is 5.97 Å². The first-order valence-corrected chi connectivity index (χ1v) is 6.90. The van der Waals surface area contributed by atoms with Crippen LogP contribution >= 0.6 is 11.3 Å². The maximum Gasteiger partial charge on any atom is 0.325 e. The number of carboxylic acids is 1. The molecule has 0 aliphatic rings. The maximum absolute atomic E-state index is 10.8. The Balaban J connectivity index is 1.93. The van der Waals surface area contributed by atoms with E-state index in [1.807, 2.05) is 23.6 Å². The van der Waals surface area contributed by atoms with Gasteiger partial charge in [0.2, 0.25) is 5.95 Å². The first-order chi connectivity index (χ1) is 9.63. The minimum atomic E-state index is -0.922. The van der Waals surface area contributed by atoms with E-state index in [1.165, 1.54) is 0 Å². The van der Waals surface area contributed by atoms with Crippen molar-refractivity contribution in [2.45, 2.75) is 13.0 Å². The predicted molar refractivity (Wildman–Crippen MR) is 77.9 cm³/mol. The van der Waals surface area contributed by atoms with Crippen molar-refractivity contribution < 1.29 is 9.90 Å². The zero-order chi connectivity index (χ0) is 14.1. The van der Waals surface area contributed by atoms with Gasteiger partial charge in [0.05, 0.1) is 11.0 Å². The Hall–Kier alpha value is -2.41. The average Bonchev–Trinajstić information content (AvgIpc) is 3.06. The zero-order valence-corrected chi connectivity index (χ0v) is 11.4. The lowest BCUT2D eigenvalue weighted by molar-refractivity contribution is -0.137. The number of aliphatic carboxylic acids is 1. The molecule has 0 aliphatic carbocycles. The Labute approximate surface area is 118 Å². The Morgan fingerprint density at radius 2 is 2.35 bits per heavy atom. The third kappa shape index (κ3) is 2.35. The molecule has 2 aromatic heterocycles. The summed E-state index contributed by atoms with van der Waals surface area (Å²) >= 11 is 1.57. The third-order valence-electron chi connectivity index (χ3n) is 2.88. The molecule has 0 saturated heterocycles. The number of hydrogen-bond donors (Lipinski definition) is 3. The van der Waals surface area contributed by atoms with Crippen molar-refractivity contribution in [3.63, 3.8) is 0 Å². The van der Waals surface area contributed by atoms with Gasteiger partial charge in [-0.15, -0.1) is 11.3 Å². The number of anilines is 1. The van der Waals surface area contributed by atoms with Crippen LogP contribution in [0.1, 0.15) is 6.92 Å². The van der Waals surface area contributed by atoms with E-state index in [0.717, 1.165) is 21.6 Å². The molecule has 20 heavy (non-hydrogen) atoms. The average molecular weight is 288 g/mol. The molecule has 3 N–H and O–H groups in total. The van der Waals surface area contributed by atoms with Crippen LogP contribution in [0.5, 0.6) is 0 Å². The first-order valence-electron chi connectivity index (χ1n) is 6.02. The van der Waals surface area contributed by atoms with Crippen LogP contribution in [0.4, 0.5) is 5.95 Å². The van der Waals surface area contributed by atoms with Crippen molar-refractivity contribution in [1.82, 2.24) is 15.0 Å². The molecule has 7 heteroatoms. The van der Waals surface area contributed by atoms with E-state index < -0.39 is 12.0 Å². The van der Waals surface area contributed by atoms with Gasteiger partial charge in [-0.25, -0.2) is 9.97 Å². The highest BCUT2D eigenvalue weighted by molar-refractivity contribution is 7.13. The summed E-state index contributed by atoms with van der Waals surface area (Å²) in [5, 5.41) is 14.5. The number of fused-ring (bicyclic) bond motifs is 1. The van der Waals surface area contributed by atoms with E-state index in [-0.39, 0.29) is 0 Å². The Kier molecular flexibility index (Phi) is 3.11. The van der Waals surface area contributed by atoms with Gasteiger partial charge in [-0.1, -0.05) is 0 Å². The van der Waals surface area contributed by atoms with E-state index in [1.54, 1.807) is 24.5 Å². The lowest BCUT2D eigenvalue weighted by atomic mass is 10.2. The molecule has 3 rings (SSSR count). The highest BCUT2D eigenvalue weighted by Gasteiger charge is 2.13. The number of aromatic amines is 1. The molecule has 1 unspecified atom stereocenters. The number of H-pyrrole nitrogens is 1. The summed E-state index contributed by atoms with van der Waals surface area (Å²) in [5.41, 5.74) is 2.64. The normalized spacial score (nSPS) is 12.4. The van der Waals surface area contributed by atoms with Crippen molar-refractivity contribution >= 4 is 34.3 Å². The summed E-state index contributed by atoms with van der Waals surface area (Å²) < 4.78 is 0. The van der Waals surface area contributed by atoms with Gasteiger partial charge in [-0.3, -0.25) is 4.79 Å². The number of benzene rings is 1. The molecule has 2 heterocycles. The molecule has 0 bridgehead atoms. The van der Waals surface area contributed by atoms with Gasteiger partial charge < -0.3 is 15.4 Å². The standard InChI is InChI=1S/C13H12N4O2S/c1-7(12(18)19)15-13-16-9-3-2-8(6-10(9)17-13)11-14-4-5-20-11/h2-7H,1H3,(H,18,19)(H2,15,16,17). The fourth-order valence-electron chi connectivity index (χ4n) is 1.84. The van der Waals surface area contributed by atoms with E-state index in [0.29, 0.717) is 5.95 Å². The quantitative estimate of drug-likeness (QED) is 0.686. The number of thiazole rings is 1. The molecule has 102 valence electrons. The minimum absolute atomic E-state index is 0.450. The largest absolute Gasteiger partial charge is 0.480 e. The summed E-state index contributed by atoms with van der Waals surface area (Å²) in [7, 11) is 0. The van der Waals surface area contributed by atoms with Gasteiger partial charge in [0, 0.05) is 17.1 Å². The van der Waals surface area contributed by atoms with Gasteiger partial charge in [0.25, 0.3) is 0 Å². The van der Waals surface area contributed by atoms with E-state index >= 15 is 0 Å². The third-order valence-corrected chi connectivity index (χ3v) is 3.71. The zero-order valence-electron chi connectivity index (χ0n) is 10.6. The van der Waals surface area contributed by atoms with Crippen LogP contribution in [0.15, 0.2) is 29.8 Å². The van der Waals surface area contributed by atoms with Crippen LogP contribution < -0.4 is 5.32 Å². The number of carbonyl (C=O) groups is 1. The van der Waals surface area contributed by atoms with Crippen molar-refractivity contribution in [1.29, 1.82) is 0 Å². The fourth-order valence-corrected chi connectivity index (χ4v) is 2.48. The number of carboxylic acid groups (broad SMARTS) is 1. The molecule has 0 spiro atoms. The molecule has 3 aromatic rings. The lowest BCUT2D eigenvalue weighted by Crippen LogP contribution is -2.25.